The summed E-state index contributed by atoms with van der Waals surface area (Å²) < 4.78 is 5.01. The lowest BCUT2D eigenvalue weighted by Gasteiger charge is -2.31. The number of benzene rings is 1. The van der Waals surface area contributed by atoms with Crippen LogP contribution in [0.3, 0.4) is 0 Å². The molecule has 1 aromatic carbocycles. The minimum Gasteiger partial charge on any atom is -0.507 e. The first-order valence-electron chi connectivity index (χ1n) is 6.48. The first-order valence-corrected chi connectivity index (χ1v) is 6.48. The first kappa shape index (κ1) is 13.7. The Morgan fingerprint density at radius 2 is 2.11 bits per heavy atom. The summed E-state index contributed by atoms with van der Waals surface area (Å²) in [6.45, 7) is 1.85. The Balaban J connectivity index is 2.14. The van der Waals surface area contributed by atoms with Gasteiger partial charge >= 0.3 is 0 Å². The summed E-state index contributed by atoms with van der Waals surface area (Å²) in [5.74, 6) is 0.357. The summed E-state index contributed by atoms with van der Waals surface area (Å²) >= 11 is 0. The molecule has 0 saturated carbocycles. The minimum atomic E-state index is -0.146. The average Bonchev–Trinajstić information content (AvgIpc) is 2.46. The van der Waals surface area contributed by atoms with E-state index in [1.54, 1.807) is 24.1 Å². The van der Waals surface area contributed by atoms with E-state index in [2.05, 4.69) is 5.32 Å². The largest absolute Gasteiger partial charge is 0.507 e. The van der Waals surface area contributed by atoms with Gasteiger partial charge in [0, 0.05) is 19.2 Å². The van der Waals surface area contributed by atoms with Gasteiger partial charge in [-0.05, 0) is 38.1 Å². The molecule has 1 aromatic rings. The summed E-state index contributed by atoms with van der Waals surface area (Å²) in [4.78, 5) is 14.1. The fourth-order valence-corrected chi connectivity index (χ4v) is 2.37. The van der Waals surface area contributed by atoms with Crippen LogP contribution in [0.2, 0.25) is 0 Å². The SMILES string of the molecule is COc1ccc(C(=O)N(C)C2CCNCC2)c(O)c1. The quantitative estimate of drug-likeness (QED) is 0.862. The zero-order chi connectivity index (χ0) is 13.8. The maximum absolute atomic E-state index is 12.4. The molecule has 0 spiro atoms. The van der Waals surface area contributed by atoms with Crippen molar-refractivity contribution in [1.29, 1.82) is 0 Å². The van der Waals surface area contributed by atoms with Crippen molar-refractivity contribution in [3.05, 3.63) is 23.8 Å². The Hall–Kier alpha value is -1.75. The van der Waals surface area contributed by atoms with E-state index >= 15 is 0 Å². The number of methoxy groups -OCH3 is 1. The van der Waals surface area contributed by atoms with Crippen LogP contribution in [-0.4, -0.2) is 49.2 Å². The Morgan fingerprint density at radius 3 is 2.68 bits per heavy atom. The summed E-state index contributed by atoms with van der Waals surface area (Å²) in [6, 6.07) is 4.98. The molecule has 1 saturated heterocycles. The lowest BCUT2D eigenvalue weighted by atomic mass is 10.0. The van der Waals surface area contributed by atoms with Crippen LogP contribution >= 0.6 is 0 Å². The highest BCUT2D eigenvalue weighted by Gasteiger charge is 2.24. The number of carbonyl (C=O) groups is 1. The monoisotopic (exact) mass is 264 g/mol. The molecule has 1 fully saturated rings. The maximum Gasteiger partial charge on any atom is 0.257 e. The number of hydrogen-bond acceptors (Lipinski definition) is 4. The molecule has 104 valence electrons. The lowest BCUT2D eigenvalue weighted by molar-refractivity contribution is 0.0700. The molecule has 1 heterocycles. The Kier molecular flexibility index (Phi) is 4.27. The summed E-state index contributed by atoms with van der Waals surface area (Å²) in [5, 5.41) is 13.2. The van der Waals surface area contributed by atoms with Gasteiger partial charge in [-0.1, -0.05) is 0 Å². The molecule has 0 aliphatic carbocycles. The number of nitrogens with zero attached hydrogens (tertiary/aromatic N) is 1. The van der Waals surface area contributed by atoms with Gasteiger partial charge in [-0.25, -0.2) is 0 Å². The van der Waals surface area contributed by atoms with Gasteiger partial charge in [0.05, 0.1) is 12.7 Å². The van der Waals surface area contributed by atoms with Gasteiger partial charge in [-0.15, -0.1) is 0 Å². The Morgan fingerprint density at radius 1 is 1.42 bits per heavy atom. The number of hydrogen-bond donors (Lipinski definition) is 2. The van der Waals surface area contributed by atoms with E-state index in [-0.39, 0.29) is 17.7 Å². The zero-order valence-electron chi connectivity index (χ0n) is 11.3. The van der Waals surface area contributed by atoms with Crippen LogP contribution in [0.4, 0.5) is 0 Å². The van der Waals surface area contributed by atoms with E-state index in [0.717, 1.165) is 25.9 Å². The molecule has 0 atom stereocenters. The van der Waals surface area contributed by atoms with Crippen molar-refractivity contribution in [3.63, 3.8) is 0 Å². The van der Waals surface area contributed by atoms with Gasteiger partial charge in [0.2, 0.25) is 0 Å². The molecule has 0 unspecified atom stereocenters. The zero-order valence-corrected chi connectivity index (χ0v) is 11.3. The predicted molar refractivity (Wildman–Crippen MR) is 72.6 cm³/mol. The van der Waals surface area contributed by atoms with E-state index in [9.17, 15) is 9.90 Å². The van der Waals surface area contributed by atoms with E-state index in [0.29, 0.717) is 11.3 Å². The number of phenols is 1. The predicted octanol–water partition coefficient (Wildman–Crippen LogP) is 1.22. The first-order chi connectivity index (χ1) is 9.13. The highest BCUT2D eigenvalue weighted by Crippen LogP contribution is 2.25. The second kappa shape index (κ2) is 5.93. The molecule has 5 nitrogen and oxygen atoms in total. The van der Waals surface area contributed by atoms with Crippen LogP contribution in [0.5, 0.6) is 11.5 Å². The smallest absolute Gasteiger partial charge is 0.257 e. The summed E-state index contributed by atoms with van der Waals surface area (Å²) in [5.41, 5.74) is 0.321. The molecule has 5 heteroatoms. The second-order valence-electron chi connectivity index (χ2n) is 4.78. The molecule has 1 aliphatic rings. The van der Waals surface area contributed by atoms with Crippen LogP contribution in [0, 0.1) is 0 Å². The van der Waals surface area contributed by atoms with Crippen molar-refractivity contribution >= 4 is 5.91 Å². The third kappa shape index (κ3) is 2.98. The molecule has 19 heavy (non-hydrogen) atoms. The van der Waals surface area contributed by atoms with Crippen LogP contribution in [0.25, 0.3) is 0 Å². The minimum absolute atomic E-state index is 0.0369. The van der Waals surface area contributed by atoms with E-state index in [4.69, 9.17) is 4.74 Å². The molecule has 0 aromatic heterocycles. The average molecular weight is 264 g/mol. The molecule has 2 N–H and O–H groups in total. The van der Waals surface area contributed by atoms with Gasteiger partial charge in [0.15, 0.2) is 0 Å². The molecule has 1 amide bonds. The number of amides is 1. The van der Waals surface area contributed by atoms with Crippen molar-refractivity contribution in [2.24, 2.45) is 0 Å². The van der Waals surface area contributed by atoms with Crippen molar-refractivity contribution in [2.45, 2.75) is 18.9 Å². The topological polar surface area (TPSA) is 61.8 Å². The number of ether oxygens (including phenoxy) is 1. The van der Waals surface area contributed by atoms with Gasteiger partial charge in [-0.2, -0.15) is 0 Å². The normalized spacial score (nSPS) is 16.1. The molecule has 2 rings (SSSR count). The molecule has 0 bridgehead atoms. The number of piperidine rings is 1. The highest BCUT2D eigenvalue weighted by atomic mass is 16.5. The fourth-order valence-electron chi connectivity index (χ4n) is 2.37. The number of phenolic OH excluding ortho intramolecular Hbond substituents is 1. The van der Waals surface area contributed by atoms with Crippen molar-refractivity contribution < 1.29 is 14.6 Å². The van der Waals surface area contributed by atoms with E-state index in [1.165, 1.54) is 13.2 Å². The number of rotatable bonds is 3. The van der Waals surface area contributed by atoms with Crippen LogP contribution in [-0.2, 0) is 0 Å². The van der Waals surface area contributed by atoms with E-state index < -0.39 is 0 Å². The molecule has 0 radical (unpaired) electrons. The van der Waals surface area contributed by atoms with Crippen molar-refractivity contribution in [2.75, 3.05) is 27.2 Å². The van der Waals surface area contributed by atoms with Crippen LogP contribution in [0.1, 0.15) is 23.2 Å². The molecular formula is C14H20N2O3. The molecular weight excluding hydrogens is 244 g/mol. The lowest BCUT2D eigenvalue weighted by Crippen LogP contribution is -2.43. The van der Waals surface area contributed by atoms with Crippen LogP contribution < -0.4 is 10.1 Å². The highest BCUT2D eigenvalue weighted by molar-refractivity contribution is 5.97. The fraction of sp³-hybridized carbons (Fsp3) is 0.500. The van der Waals surface area contributed by atoms with Crippen LogP contribution in [0.15, 0.2) is 18.2 Å². The van der Waals surface area contributed by atoms with Gasteiger partial charge in [-0.3, -0.25) is 4.79 Å². The Labute approximate surface area is 113 Å². The molecule has 1 aliphatic heterocycles. The third-order valence-corrected chi connectivity index (χ3v) is 3.61. The number of carbonyl (C=O) groups excluding carboxylic acids is 1. The van der Waals surface area contributed by atoms with Gasteiger partial charge in [0.1, 0.15) is 11.5 Å². The second-order valence-corrected chi connectivity index (χ2v) is 4.78. The standard InChI is InChI=1S/C14H20N2O3/c1-16(10-5-7-15-8-6-10)14(18)12-4-3-11(19-2)9-13(12)17/h3-4,9-10,15,17H,5-8H2,1-2H3. The summed E-state index contributed by atoms with van der Waals surface area (Å²) in [7, 11) is 3.32. The van der Waals surface area contributed by atoms with E-state index in [1.807, 2.05) is 0 Å². The van der Waals surface area contributed by atoms with Crippen molar-refractivity contribution in [3.8, 4) is 11.5 Å². The third-order valence-electron chi connectivity index (χ3n) is 3.61. The van der Waals surface area contributed by atoms with Gasteiger partial charge < -0.3 is 20.1 Å². The van der Waals surface area contributed by atoms with Gasteiger partial charge in [0.25, 0.3) is 5.91 Å². The maximum atomic E-state index is 12.4. The van der Waals surface area contributed by atoms with Crippen molar-refractivity contribution in [1.82, 2.24) is 10.2 Å². The number of nitrogens with one attached hydrogen (secondary N) is 1. The number of aromatic hydroxyl groups is 1. The Bertz CT molecular complexity index is 456. The summed E-state index contributed by atoms with van der Waals surface area (Å²) in [6.07, 6.45) is 1.89.